The van der Waals surface area contributed by atoms with Crippen molar-refractivity contribution in [3.05, 3.63) is 28.3 Å². The van der Waals surface area contributed by atoms with Gasteiger partial charge in [0, 0.05) is 24.9 Å². The molecule has 2 aliphatic rings. The number of carbonyl (C=O) groups is 1. The Labute approximate surface area is 127 Å². The summed E-state index contributed by atoms with van der Waals surface area (Å²) >= 11 is 0. The van der Waals surface area contributed by atoms with E-state index in [1.807, 2.05) is 13.8 Å². The van der Waals surface area contributed by atoms with Crippen LogP contribution in [0.2, 0.25) is 0 Å². The minimum absolute atomic E-state index is 0.0487. The average molecular weight is 302 g/mol. The number of carbonyl (C=O) groups excluding carboxylic acids is 1. The Bertz CT molecular complexity index is 721. The van der Waals surface area contributed by atoms with Gasteiger partial charge in [-0.3, -0.25) is 9.89 Å². The Morgan fingerprint density at radius 1 is 1.27 bits per heavy atom. The van der Waals surface area contributed by atoms with Gasteiger partial charge in [-0.2, -0.15) is 20.5 Å². The first-order valence-electron chi connectivity index (χ1n) is 7.54. The second-order valence-electron chi connectivity index (χ2n) is 5.95. The van der Waals surface area contributed by atoms with Gasteiger partial charge in [-0.25, -0.2) is 0 Å². The summed E-state index contributed by atoms with van der Waals surface area (Å²) in [5.41, 5.74) is 4.21. The fourth-order valence-corrected chi connectivity index (χ4v) is 3.28. The van der Waals surface area contributed by atoms with Crippen molar-refractivity contribution in [2.45, 2.75) is 45.4 Å². The van der Waals surface area contributed by atoms with E-state index in [9.17, 15) is 4.79 Å². The first kappa shape index (κ1) is 13.4. The molecule has 2 N–H and O–H groups in total. The van der Waals surface area contributed by atoms with Crippen LogP contribution in [0.1, 0.15) is 53.1 Å². The highest BCUT2D eigenvalue weighted by Gasteiger charge is 2.32. The zero-order chi connectivity index (χ0) is 15.3. The number of rotatable bonds is 1. The predicted molar refractivity (Wildman–Crippen MR) is 76.1 cm³/mol. The van der Waals surface area contributed by atoms with Gasteiger partial charge in [0.15, 0.2) is 5.69 Å². The zero-order valence-corrected chi connectivity index (χ0v) is 12.6. The monoisotopic (exact) mass is 302 g/mol. The van der Waals surface area contributed by atoms with Crippen LogP contribution in [0.3, 0.4) is 0 Å². The minimum Gasteiger partial charge on any atom is -0.369 e. The molecule has 2 aromatic heterocycles. The SMILES string of the molecule is C[C@@H]1Cc2c(C(=O)N3CCc4n[nH]nc4C3)n[nH]c2[C@H](C)O1. The second-order valence-corrected chi connectivity index (χ2v) is 5.95. The van der Waals surface area contributed by atoms with Crippen molar-refractivity contribution in [1.82, 2.24) is 30.5 Å². The van der Waals surface area contributed by atoms with Crippen LogP contribution in [-0.2, 0) is 24.1 Å². The number of ether oxygens (including phenoxy) is 1. The van der Waals surface area contributed by atoms with E-state index in [1.54, 1.807) is 4.90 Å². The lowest BCUT2D eigenvalue weighted by Gasteiger charge is -2.27. The molecule has 0 bridgehead atoms. The highest BCUT2D eigenvalue weighted by Crippen LogP contribution is 2.31. The molecule has 8 heteroatoms. The number of amides is 1. The minimum atomic E-state index is -0.0590. The van der Waals surface area contributed by atoms with Crippen molar-refractivity contribution >= 4 is 5.91 Å². The summed E-state index contributed by atoms with van der Waals surface area (Å²) < 4.78 is 5.77. The van der Waals surface area contributed by atoms with E-state index in [1.165, 1.54) is 0 Å². The van der Waals surface area contributed by atoms with Crippen molar-refractivity contribution < 1.29 is 9.53 Å². The van der Waals surface area contributed by atoms with E-state index in [2.05, 4.69) is 25.6 Å². The lowest BCUT2D eigenvalue weighted by atomic mass is 9.99. The molecule has 0 saturated carbocycles. The van der Waals surface area contributed by atoms with Gasteiger partial charge in [0.05, 0.1) is 30.1 Å². The number of H-pyrrole nitrogens is 2. The summed E-state index contributed by atoms with van der Waals surface area (Å²) in [6.07, 6.45) is 1.46. The van der Waals surface area contributed by atoms with Crippen molar-refractivity contribution in [2.24, 2.45) is 0 Å². The Kier molecular flexibility index (Phi) is 3.00. The lowest BCUT2D eigenvalue weighted by Crippen LogP contribution is -2.37. The van der Waals surface area contributed by atoms with E-state index in [-0.39, 0.29) is 18.1 Å². The number of hydrogen-bond acceptors (Lipinski definition) is 5. The number of nitrogens with zero attached hydrogens (tertiary/aromatic N) is 4. The molecular formula is C14H18N6O2. The molecule has 8 nitrogen and oxygen atoms in total. The molecule has 0 aliphatic carbocycles. The normalized spacial score (nSPS) is 24.0. The third-order valence-electron chi connectivity index (χ3n) is 4.39. The molecule has 2 aromatic rings. The van der Waals surface area contributed by atoms with Crippen molar-refractivity contribution in [1.29, 1.82) is 0 Å². The Hall–Kier alpha value is -2.22. The molecule has 4 heterocycles. The molecule has 2 aliphatic heterocycles. The van der Waals surface area contributed by atoms with Crippen molar-refractivity contribution in [2.75, 3.05) is 6.54 Å². The molecule has 0 aromatic carbocycles. The molecule has 22 heavy (non-hydrogen) atoms. The molecule has 1 amide bonds. The lowest BCUT2D eigenvalue weighted by molar-refractivity contribution is -0.00702. The number of fused-ring (bicyclic) bond motifs is 2. The summed E-state index contributed by atoms with van der Waals surface area (Å²) in [7, 11) is 0. The number of aromatic nitrogens is 5. The summed E-state index contributed by atoms with van der Waals surface area (Å²) in [4.78, 5) is 14.6. The number of aromatic amines is 2. The van der Waals surface area contributed by atoms with Gasteiger partial charge in [0.25, 0.3) is 5.91 Å². The summed E-state index contributed by atoms with van der Waals surface area (Å²) in [5, 5.41) is 18.1. The highest BCUT2D eigenvalue weighted by atomic mass is 16.5. The van der Waals surface area contributed by atoms with Crippen molar-refractivity contribution in [3.63, 3.8) is 0 Å². The maximum Gasteiger partial charge on any atom is 0.275 e. The van der Waals surface area contributed by atoms with Gasteiger partial charge in [0.2, 0.25) is 0 Å². The van der Waals surface area contributed by atoms with Crippen LogP contribution >= 0.6 is 0 Å². The van der Waals surface area contributed by atoms with Gasteiger partial charge in [-0.15, -0.1) is 0 Å². The van der Waals surface area contributed by atoms with E-state index < -0.39 is 0 Å². The molecule has 0 radical (unpaired) electrons. The average Bonchev–Trinajstić information content (AvgIpc) is 3.11. The van der Waals surface area contributed by atoms with Gasteiger partial charge in [-0.1, -0.05) is 0 Å². The van der Waals surface area contributed by atoms with Gasteiger partial charge >= 0.3 is 0 Å². The molecule has 0 saturated heterocycles. The number of hydrogen-bond donors (Lipinski definition) is 2. The maximum atomic E-state index is 12.8. The summed E-state index contributed by atoms with van der Waals surface area (Å²) in [6.45, 7) is 5.11. The quantitative estimate of drug-likeness (QED) is 0.809. The van der Waals surface area contributed by atoms with Crippen LogP contribution in [0.25, 0.3) is 0 Å². The first-order valence-corrected chi connectivity index (χ1v) is 7.54. The van der Waals surface area contributed by atoms with Crippen molar-refractivity contribution in [3.8, 4) is 0 Å². The molecule has 4 rings (SSSR count). The number of nitrogens with one attached hydrogen (secondary N) is 2. The molecule has 2 atom stereocenters. The molecule has 0 spiro atoms. The topological polar surface area (TPSA) is 99.8 Å². The van der Waals surface area contributed by atoms with Gasteiger partial charge in [-0.05, 0) is 13.8 Å². The smallest absolute Gasteiger partial charge is 0.275 e. The van der Waals surface area contributed by atoms with Crippen LogP contribution < -0.4 is 0 Å². The van der Waals surface area contributed by atoms with Crippen LogP contribution in [0.15, 0.2) is 0 Å². The zero-order valence-electron chi connectivity index (χ0n) is 12.6. The van der Waals surface area contributed by atoms with E-state index in [4.69, 9.17) is 4.74 Å². The van der Waals surface area contributed by atoms with Crippen LogP contribution in [0.5, 0.6) is 0 Å². The molecule has 0 unspecified atom stereocenters. The van der Waals surface area contributed by atoms with Gasteiger partial charge < -0.3 is 9.64 Å². The second kappa shape index (κ2) is 4.91. The van der Waals surface area contributed by atoms with Crippen LogP contribution in [-0.4, -0.2) is 49.1 Å². The fourth-order valence-electron chi connectivity index (χ4n) is 3.28. The highest BCUT2D eigenvalue weighted by molar-refractivity contribution is 5.94. The van der Waals surface area contributed by atoms with Gasteiger partial charge in [0.1, 0.15) is 5.69 Å². The Morgan fingerprint density at radius 2 is 2.09 bits per heavy atom. The van der Waals surface area contributed by atoms with Crippen LogP contribution in [0.4, 0.5) is 0 Å². The largest absolute Gasteiger partial charge is 0.369 e. The Balaban J connectivity index is 1.62. The molecule has 116 valence electrons. The fraction of sp³-hybridized carbons (Fsp3) is 0.571. The molecule has 0 fully saturated rings. The van der Waals surface area contributed by atoms with E-state index >= 15 is 0 Å². The third kappa shape index (κ3) is 2.02. The first-order chi connectivity index (χ1) is 10.6. The summed E-state index contributed by atoms with van der Waals surface area (Å²) in [5.74, 6) is -0.0487. The Morgan fingerprint density at radius 3 is 2.95 bits per heavy atom. The molecular weight excluding hydrogens is 284 g/mol. The van der Waals surface area contributed by atoms with E-state index in [0.29, 0.717) is 25.2 Å². The van der Waals surface area contributed by atoms with E-state index in [0.717, 1.165) is 29.1 Å². The third-order valence-corrected chi connectivity index (χ3v) is 4.39. The van der Waals surface area contributed by atoms with Crippen LogP contribution in [0, 0.1) is 0 Å². The summed E-state index contributed by atoms with van der Waals surface area (Å²) in [6, 6.07) is 0. The standard InChI is InChI=1S/C14H18N6O2/c1-7-5-9-12(8(2)22-7)17-18-13(9)14(21)20-4-3-10-11(6-20)16-19-15-10/h7-8H,3-6H2,1-2H3,(H,17,18)(H,15,16,19)/t7-,8+/m1/s1. The predicted octanol–water partition coefficient (Wildman–Crippen LogP) is 0.748. The maximum absolute atomic E-state index is 12.8.